The molecule has 2 aromatic carbocycles. The number of aromatic nitrogens is 1. The van der Waals surface area contributed by atoms with Crippen LogP contribution in [-0.4, -0.2) is 17.5 Å². The monoisotopic (exact) mass is 390 g/mol. The van der Waals surface area contributed by atoms with E-state index >= 15 is 0 Å². The van der Waals surface area contributed by atoms with Crippen LogP contribution in [-0.2, 0) is 17.8 Å². The number of benzene rings is 2. The van der Waals surface area contributed by atoms with Crippen molar-refractivity contribution in [3.8, 4) is 17.4 Å². The lowest BCUT2D eigenvalue weighted by Gasteiger charge is -2.11. The van der Waals surface area contributed by atoms with Crippen molar-refractivity contribution in [2.24, 2.45) is 0 Å². The molecular formula is C24H26N2O3. The van der Waals surface area contributed by atoms with Crippen molar-refractivity contribution < 1.29 is 14.3 Å². The zero-order valence-corrected chi connectivity index (χ0v) is 16.6. The van der Waals surface area contributed by atoms with Crippen LogP contribution in [0.2, 0.25) is 0 Å². The highest BCUT2D eigenvalue weighted by Crippen LogP contribution is 2.25. The third-order valence-electron chi connectivity index (χ3n) is 4.32. The lowest BCUT2D eigenvalue weighted by molar-refractivity contribution is -0.121. The highest BCUT2D eigenvalue weighted by atomic mass is 16.5. The molecule has 3 aromatic rings. The maximum absolute atomic E-state index is 12.2. The first kappa shape index (κ1) is 20.4. The fourth-order valence-corrected chi connectivity index (χ4v) is 2.77. The number of pyridine rings is 1. The maximum Gasteiger partial charge on any atom is 0.224 e. The third kappa shape index (κ3) is 6.64. The molecule has 0 fully saturated rings. The van der Waals surface area contributed by atoms with Crippen molar-refractivity contribution in [1.29, 1.82) is 0 Å². The van der Waals surface area contributed by atoms with Crippen LogP contribution in [0.1, 0.15) is 30.9 Å². The Kier molecular flexibility index (Phi) is 7.63. The number of hydrogen-bond donors (Lipinski definition) is 1. The molecule has 5 heteroatoms. The Hall–Kier alpha value is -3.34. The van der Waals surface area contributed by atoms with Crippen LogP contribution in [0, 0.1) is 0 Å². The van der Waals surface area contributed by atoms with E-state index in [0.717, 1.165) is 29.7 Å². The summed E-state index contributed by atoms with van der Waals surface area (Å²) in [4.78, 5) is 16.5. The number of amides is 1. The number of hydrogen-bond acceptors (Lipinski definition) is 4. The fourth-order valence-electron chi connectivity index (χ4n) is 2.77. The second kappa shape index (κ2) is 10.9. The van der Waals surface area contributed by atoms with Crippen LogP contribution in [0.3, 0.4) is 0 Å². The number of aryl methyl sites for hydroxylation is 1. The Labute approximate surface area is 171 Å². The van der Waals surface area contributed by atoms with Crippen molar-refractivity contribution >= 4 is 5.91 Å². The van der Waals surface area contributed by atoms with Crippen LogP contribution < -0.4 is 14.8 Å². The van der Waals surface area contributed by atoms with Gasteiger partial charge in [-0.2, -0.15) is 0 Å². The van der Waals surface area contributed by atoms with E-state index in [0.29, 0.717) is 31.2 Å². The van der Waals surface area contributed by atoms with Crippen LogP contribution in [0.4, 0.5) is 0 Å². The lowest BCUT2D eigenvalue weighted by Crippen LogP contribution is -2.23. The standard InChI is InChI=1S/C24H26N2O3/c1-2-17-28-21-11-13-22(14-12-21)29-24-20(9-6-16-25-24)18-26-23(27)15-10-19-7-4-3-5-8-19/h3-9,11-14,16H,2,10,15,17-18H2,1H3,(H,26,27). The molecule has 0 aliphatic heterocycles. The molecule has 150 valence electrons. The number of carbonyl (C=O) groups is 1. The Morgan fingerprint density at radius 1 is 0.966 bits per heavy atom. The highest BCUT2D eigenvalue weighted by Gasteiger charge is 2.09. The van der Waals surface area contributed by atoms with Gasteiger partial charge >= 0.3 is 0 Å². The van der Waals surface area contributed by atoms with Crippen molar-refractivity contribution in [2.45, 2.75) is 32.7 Å². The molecule has 1 aromatic heterocycles. The Balaban J connectivity index is 1.54. The van der Waals surface area contributed by atoms with E-state index in [1.54, 1.807) is 6.20 Å². The molecule has 3 rings (SSSR count). The van der Waals surface area contributed by atoms with Gasteiger partial charge < -0.3 is 14.8 Å². The predicted octanol–water partition coefficient (Wildman–Crippen LogP) is 4.91. The molecule has 0 unspecified atom stereocenters. The molecule has 0 aliphatic carbocycles. The van der Waals surface area contributed by atoms with Gasteiger partial charge in [-0.15, -0.1) is 0 Å². The summed E-state index contributed by atoms with van der Waals surface area (Å²) < 4.78 is 11.5. The summed E-state index contributed by atoms with van der Waals surface area (Å²) in [5.41, 5.74) is 1.98. The molecular weight excluding hydrogens is 364 g/mol. The molecule has 1 heterocycles. The van der Waals surface area contributed by atoms with Gasteiger partial charge in [-0.25, -0.2) is 4.98 Å². The summed E-state index contributed by atoms with van der Waals surface area (Å²) in [5.74, 6) is 1.97. The lowest BCUT2D eigenvalue weighted by atomic mass is 10.1. The molecule has 0 aliphatic rings. The van der Waals surface area contributed by atoms with E-state index in [2.05, 4.69) is 17.2 Å². The van der Waals surface area contributed by atoms with Gasteiger partial charge in [0.2, 0.25) is 11.8 Å². The zero-order chi connectivity index (χ0) is 20.3. The zero-order valence-electron chi connectivity index (χ0n) is 16.6. The van der Waals surface area contributed by atoms with Gasteiger partial charge in [0.05, 0.1) is 6.61 Å². The minimum absolute atomic E-state index is 0.00100. The summed E-state index contributed by atoms with van der Waals surface area (Å²) in [5, 5.41) is 2.95. The largest absolute Gasteiger partial charge is 0.494 e. The summed E-state index contributed by atoms with van der Waals surface area (Å²) >= 11 is 0. The number of ether oxygens (including phenoxy) is 2. The van der Waals surface area contributed by atoms with Gasteiger partial charge in [0.25, 0.3) is 0 Å². The molecule has 0 radical (unpaired) electrons. The van der Waals surface area contributed by atoms with Gasteiger partial charge in [0.1, 0.15) is 11.5 Å². The fraction of sp³-hybridized carbons (Fsp3) is 0.250. The van der Waals surface area contributed by atoms with E-state index in [-0.39, 0.29) is 5.91 Å². The predicted molar refractivity (Wildman–Crippen MR) is 113 cm³/mol. The molecule has 0 spiro atoms. The van der Waals surface area contributed by atoms with Crippen LogP contribution in [0.15, 0.2) is 72.9 Å². The number of rotatable bonds is 10. The second-order valence-electron chi connectivity index (χ2n) is 6.65. The minimum atomic E-state index is 0.00100. The van der Waals surface area contributed by atoms with E-state index in [1.807, 2.05) is 66.7 Å². The van der Waals surface area contributed by atoms with Gasteiger partial charge in [0, 0.05) is 24.7 Å². The van der Waals surface area contributed by atoms with Gasteiger partial charge in [-0.05, 0) is 48.7 Å². The van der Waals surface area contributed by atoms with Crippen LogP contribution >= 0.6 is 0 Å². The van der Waals surface area contributed by atoms with E-state index in [9.17, 15) is 4.79 Å². The molecule has 0 atom stereocenters. The smallest absolute Gasteiger partial charge is 0.224 e. The number of carbonyl (C=O) groups excluding carboxylic acids is 1. The minimum Gasteiger partial charge on any atom is -0.494 e. The average Bonchev–Trinajstić information content (AvgIpc) is 2.77. The quantitative estimate of drug-likeness (QED) is 0.534. The van der Waals surface area contributed by atoms with E-state index < -0.39 is 0 Å². The van der Waals surface area contributed by atoms with Crippen LogP contribution in [0.5, 0.6) is 17.4 Å². The molecule has 0 saturated heterocycles. The Bertz CT molecular complexity index is 896. The topological polar surface area (TPSA) is 60.5 Å². The van der Waals surface area contributed by atoms with E-state index in [1.165, 1.54) is 0 Å². The maximum atomic E-state index is 12.2. The van der Waals surface area contributed by atoms with E-state index in [4.69, 9.17) is 9.47 Å². The first-order valence-corrected chi connectivity index (χ1v) is 9.90. The Morgan fingerprint density at radius 3 is 2.48 bits per heavy atom. The summed E-state index contributed by atoms with van der Waals surface area (Å²) in [6.45, 7) is 3.13. The summed E-state index contributed by atoms with van der Waals surface area (Å²) in [6.07, 6.45) is 3.80. The van der Waals surface area contributed by atoms with Crippen molar-refractivity contribution in [3.63, 3.8) is 0 Å². The number of nitrogens with one attached hydrogen (secondary N) is 1. The molecule has 29 heavy (non-hydrogen) atoms. The SMILES string of the molecule is CCCOc1ccc(Oc2ncccc2CNC(=O)CCc2ccccc2)cc1. The molecule has 5 nitrogen and oxygen atoms in total. The molecule has 0 saturated carbocycles. The van der Waals surface area contributed by atoms with Crippen molar-refractivity contribution in [2.75, 3.05) is 6.61 Å². The first-order chi connectivity index (χ1) is 14.2. The summed E-state index contributed by atoms with van der Waals surface area (Å²) in [6, 6.07) is 21.2. The van der Waals surface area contributed by atoms with Crippen molar-refractivity contribution in [3.05, 3.63) is 84.1 Å². The van der Waals surface area contributed by atoms with Gasteiger partial charge in [0.15, 0.2) is 0 Å². The second-order valence-corrected chi connectivity index (χ2v) is 6.65. The third-order valence-corrected chi connectivity index (χ3v) is 4.32. The summed E-state index contributed by atoms with van der Waals surface area (Å²) in [7, 11) is 0. The highest BCUT2D eigenvalue weighted by molar-refractivity contribution is 5.76. The van der Waals surface area contributed by atoms with Gasteiger partial charge in [-0.1, -0.05) is 43.3 Å². The number of nitrogens with zero attached hydrogens (tertiary/aromatic N) is 1. The molecule has 1 amide bonds. The normalized spacial score (nSPS) is 10.4. The van der Waals surface area contributed by atoms with Gasteiger partial charge in [-0.3, -0.25) is 4.79 Å². The van der Waals surface area contributed by atoms with Crippen molar-refractivity contribution in [1.82, 2.24) is 10.3 Å². The van der Waals surface area contributed by atoms with Crippen LogP contribution in [0.25, 0.3) is 0 Å². The Morgan fingerprint density at radius 2 is 1.72 bits per heavy atom. The average molecular weight is 390 g/mol. The molecule has 0 bridgehead atoms. The first-order valence-electron chi connectivity index (χ1n) is 9.90. The molecule has 1 N–H and O–H groups in total.